The van der Waals surface area contributed by atoms with Crippen LogP contribution in [-0.4, -0.2) is 86.1 Å². The summed E-state index contributed by atoms with van der Waals surface area (Å²) >= 11 is 0. The number of aromatic nitrogens is 2. The second kappa shape index (κ2) is 15.3. The maximum atomic E-state index is 14.3. The zero-order valence-electron chi connectivity index (χ0n) is 26.9. The number of fused-ring (bicyclic) bond motifs is 2. The fourth-order valence-corrected chi connectivity index (χ4v) is 6.41. The van der Waals surface area contributed by atoms with Gasteiger partial charge in [0.1, 0.15) is 24.2 Å². The van der Waals surface area contributed by atoms with Gasteiger partial charge in [-0.3, -0.25) is 24.2 Å². The molecule has 0 bridgehead atoms. The van der Waals surface area contributed by atoms with E-state index in [1.165, 1.54) is 22.3 Å². The molecule has 6 amide bonds. The van der Waals surface area contributed by atoms with Crippen LogP contribution in [0, 0.1) is 0 Å². The Hall–Kier alpha value is -5.93. The minimum absolute atomic E-state index is 0.0467. The number of rotatable bonds is 12. The van der Waals surface area contributed by atoms with E-state index in [4.69, 9.17) is 22.9 Å². The lowest BCUT2D eigenvalue weighted by molar-refractivity contribution is -0.147. The van der Waals surface area contributed by atoms with Gasteiger partial charge in [-0.1, -0.05) is 48.5 Å². The zero-order valence-corrected chi connectivity index (χ0v) is 26.9. The number of carbonyl (C=O) groups excluding carboxylic acids is 5. The Balaban J connectivity index is 1.44. The van der Waals surface area contributed by atoms with Gasteiger partial charge in [0.05, 0.1) is 6.33 Å². The average Bonchev–Trinajstić information content (AvgIpc) is 3.60. The summed E-state index contributed by atoms with van der Waals surface area (Å²) in [5.74, 6) is -2.41. The molecule has 0 fully saturated rings. The van der Waals surface area contributed by atoms with Gasteiger partial charge >= 0.3 is 6.03 Å². The second-order valence-electron chi connectivity index (χ2n) is 12.2. The third-order valence-corrected chi connectivity index (χ3v) is 8.85. The highest BCUT2D eigenvalue weighted by Gasteiger charge is 2.41. The van der Waals surface area contributed by atoms with Crippen LogP contribution in [0.15, 0.2) is 66.0 Å². The van der Waals surface area contributed by atoms with E-state index in [1.807, 2.05) is 48.5 Å². The monoisotopic (exact) mass is 671 g/mol. The summed E-state index contributed by atoms with van der Waals surface area (Å²) in [4.78, 5) is 80.9. The van der Waals surface area contributed by atoms with Crippen LogP contribution in [0.4, 0.5) is 4.79 Å². The van der Waals surface area contributed by atoms with E-state index >= 15 is 0 Å². The predicted octanol–water partition coefficient (Wildman–Crippen LogP) is -1.08. The molecule has 2 aliphatic rings. The molecule has 4 atom stereocenters. The maximum Gasteiger partial charge on any atom is 0.312 e. The Kier molecular flexibility index (Phi) is 10.8. The van der Waals surface area contributed by atoms with Crippen LogP contribution < -0.4 is 33.6 Å². The first kappa shape index (κ1) is 34.4. The van der Waals surface area contributed by atoms with E-state index in [1.54, 1.807) is 0 Å². The number of nitrogens with two attached hydrogens (primary N) is 4. The van der Waals surface area contributed by atoms with Crippen molar-refractivity contribution in [1.29, 1.82) is 0 Å². The van der Waals surface area contributed by atoms with Crippen LogP contribution in [0.1, 0.15) is 40.8 Å². The van der Waals surface area contributed by atoms with Gasteiger partial charge in [0.25, 0.3) is 0 Å². The number of guanidine groups is 1. The molecule has 5 rings (SSSR count). The first-order chi connectivity index (χ1) is 23.5. The minimum atomic E-state index is -1.11. The molecule has 0 saturated carbocycles. The molecule has 3 aromatic rings. The van der Waals surface area contributed by atoms with Crippen LogP contribution >= 0.6 is 0 Å². The van der Waals surface area contributed by atoms with E-state index in [-0.39, 0.29) is 51.3 Å². The highest BCUT2D eigenvalue weighted by molar-refractivity contribution is 5.96. The number of urea groups is 1. The molecule has 2 aromatic carbocycles. The first-order valence-corrected chi connectivity index (χ1v) is 15.9. The standard InChI is InChI=1S/C33H41N11O5/c34-28(45)26-12-19-6-1-3-8-21(19)16-43(26)30(47)24(10-5-11-39-32(35)36)41-29(46)27-13-20-7-2-4-9-22(20)17-44(27)31(48)25(42-33(37)49)14-23-15-38-18-40-23/h1-4,6-9,15,18,24-27H,5,10-14,16-17H2,(H2,34,45)(H,38,40)(H,41,46)(H4,35,36,39)(H3,37,42,49)/t24-,25-,26-,27-/m0/s1. The number of hydrogen-bond donors (Lipinski definition) is 7. The number of nitrogens with zero attached hydrogens (tertiary/aromatic N) is 4. The van der Waals surface area contributed by atoms with E-state index in [2.05, 4.69) is 25.6 Å². The molecule has 49 heavy (non-hydrogen) atoms. The van der Waals surface area contributed by atoms with Crippen molar-refractivity contribution in [3.8, 4) is 0 Å². The van der Waals surface area contributed by atoms with Gasteiger partial charge in [0.2, 0.25) is 23.6 Å². The van der Waals surface area contributed by atoms with Crippen LogP contribution in [0.25, 0.3) is 0 Å². The smallest absolute Gasteiger partial charge is 0.312 e. The maximum absolute atomic E-state index is 14.3. The molecule has 0 radical (unpaired) electrons. The lowest BCUT2D eigenvalue weighted by atomic mass is 9.91. The molecule has 0 aliphatic carbocycles. The van der Waals surface area contributed by atoms with E-state index < -0.39 is 53.8 Å². The number of amides is 6. The topological polar surface area (TPSA) is 261 Å². The zero-order chi connectivity index (χ0) is 35.1. The Morgan fingerprint density at radius 3 is 1.94 bits per heavy atom. The third kappa shape index (κ3) is 8.33. The molecule has 258 valence electrons. The summed E-state index contributed by atoms with van der Waals surface area (Å²) < 4.78 is 0. The van der Waals surface area contributed by atoms with Gasteiger partial charge in [-0.05, 0) is 35.1 Å². The van der Waals surface area contributed by atoms with Crippen molar-refractivity contribution >= 4 is 35.6 Å². The molecular formula is C33H41N11O5. The summed E-state index contributed by atoms with van der Waals surface area (Å²) in [5, 5.41) is 5.38. The van der Waals surface area contributed by atoms with E-state index in [9.17, 15) is 24.0 Å². The van der Waals surface area contributed by atoms with Crippen molar-refractivity contribution in [2.75, 3.05) is 6.54 Å². The highest BCUT2D eigenvalue weighted by Crippen LogP contribution is 2.27. The fraction of sp³-hybridized carbons (Fsp3) is 0.364. The van der Waals surface area contributed by atoms with Gasteiger partial charge in [0.15, 0.2) is 5.96 Å². The number of nitrogens with one attached hydrogen (secondary N) is 3. The van der Waals surface area contributed by atoms with Gasteiger partial charge in [-0.2, -0.15) is 0 Å². The molecule has 16 nitrogen and oxygen atoms in total. The highest BCUT2D eigenvalue weighted by atomic mass is 16.2. The number of carbonyl (C=O) groups is 5. The van der Waals surface area contributed by atoms with Crippen molar-refractivity contribution in [2.24, 2.45) is 27.9 Å². The van der Waals surface area contributed by atoms with Crippen LogP contribution in [0.3, 0.4) is 0 Å². The van der Waals surface area contributed by atoms with Gasteiger partial charge < -0.3 is 48.4 Å². The minimum Gasteiger partial charge on any atom is -0.370 e. The lowest BCUT2D eigenvalue weighted by Crippen LogP contribution is -2.61. The molecule has 1 aromatic heterocycles. The van der Waals surface area contributed by atoms with Crippen LogP contribution in [0.2, 0.25) is 0 Å². The summed E-state index contributed by atoms with van der Waals surface area (Å²) in [6.07, 6.45) is 3.86. The Bertz CT molecular complexity index is 1720. The van der Waals surface area contributed by atoms with Crippen LogP contribution in [0.5, 0.6) is 0 Å². The van der Waals surface area contributed by atoms with Crippen molar-refractivity contribution < 1.29 is 24.0 Å². The molecule has 11 N–H and O–H groups in total. The third-order valence-electron chi connectivity index (χ3n) is 8.85. The Morgan fingerprint density at radius 1 is 0.816 bits per heavy atom. The van der Waals surface area contributed by atoms with E-state index in [0.29, 0.717) is 12.1 Å². The molecule has 2 aliphatic heterocycles. The van der Waals surface area contributed by atoms with Crippen LogP contribution in [-0.2, 0) is 51.5 Å². The quantitative estimate of drug-likeness (QED) is 0.0706. The Morgan fingerprint density at radius 2 is 1.39 bits per heavy atom. The lowest BCUT2D eigenvalue weighted by Gasteiger charge is -2.40. The Labute approximate surface area is 282 Å². The molecular weight excluding hydrogens is 630 g/mol. The average molecular weight is 672 g/mol. The van der Waals surface area contributed by atoms with Gasteiger partial charge in [-0.25, -0.2) is 9.78 Å². The number of imidazole rings is 1. The molecule has 0 saturated heterocycles. The number of hydrogen-bond acceptors (Lipinski definition) is 7. The first-order valence-electron chi connectivity index (χ1n) is 15.9. The normalized spacial score (nSPS) is 17.9. The number of H-pyrrole nitrogens is 1. The molecule has 0 spiro atoms. The van der Waals surface area contributed by atoms with Gasteiger partial charge in [0, 0.05) is 50.8 Å². The molecule has 3 heterocycles. The number of primary amides is 2. The van der Waals surface area contributed by atoms with Crippen molar-refractivity contribution in [3.63, 3.8) is 0 Å². The predicted molar refractivity (Wildman–Crippen MR) is 179 cm³/mol. The summed E-state index contributed by atoms with van der Waals surface area (Å²) in [7, 11) is 0. The van der Waals surface area contributed by atoms with Gasteiger partial charge in [-0.15, -0.1) is 0 Å². The second-order valence-corrected chi connectivity index (χ2v) is 12.2. The molecule has 0 unspecified atom stereocenters. The van der Waals surface area contributed by atoms with Crippen molar-refractivity contribution in [1.82, 2.24) is 30.4 Å². The summed E-state index contributed by atoms with van der Waals surface area (Å²) in [5.41, 5.74) is 26.3. The fourth-order valence-electron chi connectivity index (χ4n) is 6.41. The number of benzene rings is 2. The molecule has 16 heteroatoms. The largest absolute Gasteiger partial charge is 0.370 e. The SMILES string of the molecule is NC(=O)N[C@@H](Cc1cnc[nH]1)C(=O)N1Cc2ccccc2C[C@H]1C(=O)N[C@@H](CCCN=C(N)N)C(=O)N1Cc2ccccc2C[C@H]1C(N)=O. The van der Waals surface area contributed by atoms with Crippen molar-refractivity contribution in [3.05, 3.63) is 89.0 Å². The van der Waals surface area contributed by atoms with Crippen molar-refractivity contribution in [2.45, 2.75) is 69.4 Å². The van der Waals surface area contributed by atoms with E-state index in [0.717, 1.165) is 22.3 Å². The summed E-state index contributed by atoms with van der Waals surface area (Å²) in [6, 6.07) is 9.79. The number of aliphatic imine (C=N–C) groups is 1. The number of aromatic amines is 1. The summed E-state index contributed by atoms with van der Waals surface area (Å²) in [6.45, 7) is 0.390.